The molecule has 0 fully saturated rings. The van der Waals surface area contributed by atoms with E-state index in [0.29, 0.717) is 0 Å². The summed E-state index contributed by atoms with van der Waals surface area (Å²) in [5.41, 5.74) is 0. The van der Waals surface area contributed by atoms with E-state index in [-0.39, 0.29) is 52.8 Å². The fourth-order valence-electron chi connectivity index (χ4n) is 0. The first-order valence-corrected chi connectivity index (χ1v) is 1.79. The molecular formula is C4H13KN+. The average Bonchev–Trinajstić information content (AvgIpc) is 0.722. The zero-order valence-electron chi connectivity index (χ0n) is 6.45. The van der Waals surface area contributed by atoms with Gasteiger partial charge in [0.1, 0.15) is 0 Å². The molecule has 0 aliphatic heterocycles. The van der Waals surface area contributed by atoms with Crippen LogP contribution in [0.15, 0.2) is 0 Å². The molecule has 0 rings (SSSR count). The van der Waals surface area contributed by atoms with E-state index in [1.165, 1.54) is 0 Å². The van der Waals surface area contributed by atoms with Crippen LogP contribution >= 0.6 is 0 Å². The summed E-state index contributed by atoms with van der Waals surface area (Å²) in [5, 5.41) is 0. The Balaban J connectivity index is -0.0000000800. The van der Waals surface area contributed by atoms with E-state index in [1.54, 1.807) is 0 Å². The van der Waals surface area contributed by atoms with Gasteiger partial charge in [-0.15, -0.1) is 0 Å². The van der Waals surface area contributed by atoms with Gasteiger partial charge in [-0.25, -0.2) is 0 Å². The van der Waals surface area contributed by atoms with E-state index in [9.17, 15) is 0 Å². The number of hydrogen-bond donors (Lipinski definition) is 0. The molecule has 0 aromatic rings. The topological polar surface area (TPSA) is 0 Å². The molecule has 2 heteroatoms. The van der Waals surface area contributed by atoms with Crippen molar-refractivity contribution in [1.29, 1.82) is 0 Å². The van der Waals surface area contributed by atoms with Crippen LogP contribution in [0.1, 0.15) is 1.43 Å². The predicted molar refractivity (Wildman–Crippen MR) is 25.1 cm³/mol. The maximum absolute atomic E-state index is 2.12. The van der Waals surface area contributed by atoms with Gasteiger partial charge >= 0.3 is 51.4 Å². The van der Waals surface area contributed by atoms with E-state index < -0.39 is 0 Å². The summed E-state index contributed by atoms with van der Waals surface area (Å²) in [5.74, 6) is 0. The minimum absolute atomic E-state index is 0. The molecule has 0 aromatic carbocycles. The molecule has 0 N–H and O–H groups in total. The molecule has 0 bridgehead atoms. The van der Waals surface area contributed by atoms with E-state index in [2.05, 4.69) is 28.2 Å². The SMILES string of the molecule is C[N+](C)(C)C.[H-].[K+]. The van der Waals surface area contributed by atoms with Crippen LogP contribution in [0.4, 0.5) is 0 Å². The van der Waals surface area contributed by atoms with Gasteiger partial charge in [0.2, 0.25) is 0 Å². The Morgan fingerprint density at radius 3 is 1.00 bits per heavy atom. The van der Waals surface area contributed by atoms with Crippen molar-refractivity contribution in [1.82, 2.24) is 0 Å². The molecule has 0 aliphatic carbocycles. The quantitative estimate of drug-likeness (QED) is 0.240. The zero-order chi connectivity index (χ0) is 4.50. The second-order valence-electron chi connectivity index (χ2n) is 2.68. The molecule has 0 unspecified atom stereocenters. The average molecular weight is 114 g/mol. The Hall–Kier alpha value is 1.60. The Bertz CT molecular complexity index is 27.2. The van der Waals surface area contributed by atoms with Gasteiger partial charge in [-0.1, -0.05) is 0 Å². The largest absolute Gasteiger partial charge is 1.00 e. The third kappa shape index (κ3) is 46.4. The first-order valence-electron chi connectivity index (χ1n) is 1.79. The second-order valence-corrected chi connectivity index (χ2v) is 2.68. The summed E-state index contributed by atoms with van der Waals surface area (Å²) in [6.07, 6.45) is 0. The molecular weight excluding hydrogens is 101 g/mol. The summed E-state index contributed by atoms with van der Waals surface area (Å²) < 4.78 is 1.00. The minimum Gasteiger partial charge on any atom is -1.00 e. The van der Waals surface area contributed by atoms with Crippen molar-refractivity contribution in [3.8, 4) is 0 Å². The summed E-state index contributed by atoms with van der Waals surface area (Å²) in [6, 6.07) is 0. The number of quaternary nitrogens is 1. The molecule has 34 valence electrons. The van der Waals surface area contributed by atoms with Crippen LogP contribution in [0, 0.1) is 0 Å². The summed E-state index contributed by atoms with van der Waals surface area (Å²) in [7, 11) is 8.50. The molecule has 0 aliphatic rings. The third-order valence-electron chi connectivity index (χ3n) is 0. The molecule has 0 atom stereocenters. The number of nitrogens with zero attached hydrogens (tertiary/aromatic N) is 1. The van der Waals surface area contributed by atoms with Crippen molar-refractivity contribution in [3.05, 3.63) is 0 Å². The van der Waals surface area contributed by atoms with E-state index >= 15 is 0 Å². The van der Waals surface area contributed by atoms with Crippen LogP contribution in [0.2, 0.25) is 0 Å². The fourth-order valence-corrected chi connectivity index (χ4v) is 0. The van der Waals surface area contributed by atoms with E-state index in [4.69, 9.17) is 0 Å². The Labute approximate surface area is 84.2 Å². The van der Waals surface area contributed by atoms with Gasteiger partial charge < -0.3 is 5.91 Å². The third-order valence-corrected chi connectivity index (χ3v) is 0. The van der Waals surface area contributed by atoms with Crippen molar-refractivity contribution >= 4 is 0 Å². The summed E-state index contributed by atoms with van der Waals surface area (Å²) in [4.78, 5) is 0. The monoisotopic (exact) mass is 114 g/mol. The predicted octanol–water partition coefficient (Wildman–Crippen LogP) is -2.56. The molecule has 0 radical (unpaired) electrons. The standard InChI is InChI=1S/C4H12N.K.H/c1-5(2,3)4;;/h1-4H3;;/q2*+1;-1. The van der Waals surface area contributed by atoms with Crippen molar-refractivity contribution in [2.24, 2.45) is 0 Å². The molecule has 0 saturated heterocycles. The van der Waals surface area contributed by atoms with Crippen molar-refractivity contribution in [2.75, 3.05) is 28.2 Å². The first kappa shape index (κ1) is 10.6. The van der Waals surface area contributed by atoms with Gasteiger partial charge in [-0.05, 0) is 0 Å². The van der Waals surface area contributed by atoms with Crippen molar-refractivity contribution in [2.45, 2.75) is 0 Å². The van der Waals surface area contributed by atoms with E-state index in [0.717, 1.165) is 4.48 Å². The van der Waals surface area contributed by atoms with Gasteiger partial charge in [-0.2, -0.15) is 0 Å². The summed E-state index contributed by atoms with van der Waals surface area (Å²) in [6.45, 7) is 0. The van der Waals surface area contributed by atoms with Crippen LogP contribution in [0.5, 0.6) is 0 Å². The molecule has 0 aromatic heterocycles. The summed E-state index contributed by atoms with van der Waals surface area (Å²) >= 11 is 0. The van der Waals surface area contributed by atoms with Crippen molar-refractivity contribution < 1.29 is 57.3 Å². The Morgan fingerprint density at radius 2 is 1.00 bits per heavy atom. The molecule has 6 heavy (non-hydrogen) atoms. The maximum Gasteiger partial charge on any atom is 1.00 e. The van der Waals surface area contributed by atoms with Gasteiger partial charge in [0.05, 0.1) is 28.2 Å². The zero-order valence-corrected chi connectivity index (χ0v) is 8.57. The molecule has 0 amide bonds. The van der Waals surface area contributed by atoms with Gasteiger partial charge in [-0.3, -0.25) is 0 Å². The smallest absolute Gasteiger partial charge is 1.00 e. The van der Waals surface area contributed by atoms with Crippen LogP contribution in [-0.4, -0.2) is 32.7 Å². The second kappa shape index (κ2) is 3.58. The molecule has 1 nitrogen and oxygen atoms in total. The number of hydrogen-bond acceptors (Lipinski definition) is 0. The minimum atomic E-state index is 0. The Kier molecular flexibility index (Phi) is 6.30. The molecule has 0 saturated carbocycles. The van der Waals surface area contributed by atoms with Crippen LogP contribution in [0.25, 0.3) is 0 Å². The fraction of sp³-hybridized carbons (Fsp3) is 1.00. The van der Waals surface area contributed by atoms with Gasteiger partial charge in [0.15, 0.2) is 0 Å². The van der Waals surface area contributed by atoms with E-state index in [1.807, 2.05) is 0 Å². The molecule has 0 spiro atoms. The van der Waals surface area contributed by atoms with Crippen LogP contribution in [0.3, 0.4) is 0 Å². The molecule has 0 heterocycles. The normalized spacial score (nSPS) is 10.0. The van der Waals surface area contributed by atoms with Crippen molar-refractivity contribution in [3.63, 3.8) is 0 Å². The Morgan fingerprint density at radius 1 is 1.00 bits per heavy atom. The maximum atomic E-state index is 2.12. The van der Waals surface area contributed by atoms with Gasteiger partial charge in [0, 0.05) is 0 Å². The number of rotatable bonds is 0. The van der Waals surface area contributed by atoms with Gasteiger partial charge in [0.25, 0.3) is 0 Å². The van der Waals surface area contributed by atoms with Crippen LogP contribution < -0.4 is 51.4 Å². The van der Waals surface area contributed by atoms with Crippen LogP contribution in [-0.2, 0) is 0 Å². The first-order chi connectivity index (χ1) is 2.00.